The minimum absolute atomic E-state index is 0. The predicted octanol–water partition coefficient (Wildman–Crippen LogP) is 2.24. The average molecular weight is 152 g/mol. The molecule has 0 saturated heterocycles. The van der Waals surface area contributed by atoms with Crippen molar-refractivity contribution in [1.29, 1.82) is 0 Å². The maximum absolute atomic E-state index is 5.34. The van der Waals surface area contributed by atoms with Crippen LogP contribution in [0.1, 0.15) is 5.56 Å². The number of fused-ring (bicyclic) bond motifs is 1. The Labute approximate surface area is 64.7 Å². The van der Waals surface area contributed by atoms with Gasteiger partial charge in [0.15, 0.2) is 0 Å². The second kappa shape index (κ2) is 3.19. The van der Waals surface area contributed by atoms with Gasteiger partial charge in [0.2, 0.25) is 0 Å². The van der Waals surface area contributed by atoms with Gasteiger partial charge in [-0.05, 0) is 12.1 Å². The Bertz CT molecular complexity index is 268. The van der Waals surface area contributed by atoms with Crippen LogP contribution in [0.3, 0.4) is 0 Å². The molecule has 1 aliphatic heterocycles. The molecule has 0 unspecified atom stereocenters. The predicted molar refractivity (Wildman–Crippen MR) is 43.5 cm³/mol. The van der Waals surface area contributed by atoms with Gasteiger partial charge < -0.3 is 4.74 Å². The molecule has 0 amide bonds. The van der Waals surface area contributed by atoms with Crippen molar-refractivity contribution in [3.05, 3.63) is 35.9 Å². The smallest absolute Gasteiger partial charge is 0.126 e. The fourth-order valence-corrected chi connectivity index (χ4v) is 1.06. The molecule has 0 bridgehead atoms. The SMILES string of the molecule is C1=Cc2ccccc2OC1.F. The first-order valence-corrected chi connectivity index (χ1v) is 3.35. The molecular formula is C9H9FO. The summed E-state index contributed by atoms with van der Waals surface area (Å²) in [4.78, 5) is 0. The molecule has 0 aromatic heterocycles. The van der Waals surface area contributed by atoms with Gasteiger partial charge in [-0.15, -0.1) is 0 Å². The third-order valence-electron chi connectivity index (χ3n) is 1.55. The van der Waals surface area contributed by atoms with Gasteiger partial charge in [-0.25, -0.2) is 0 Å². The molecule has 1 aliphatic rings. The average Bonchev–Trinajstić information content (AvgIpc) is 2.05. The van der Waals surface area contributed by atoms with E-state index in [1.807, 2.05) is 30.3 Å². The molecular weight excluding hydrogens is 143 g/mol. The second-order valence-electron chi connectivity index (χ2n) is 2.25. The second-order valence-corrected chi connectivity index (χ2v) is 2.25. The first-order chi connectivity index (χ1) is 4.97. The van der Waals surface area contributed by atoms with E-state index >= 15 is 0 Å². The normalized spacial score (nSPS) is 12.7. The van der Waals surface area contributed by atoms with Gasteiger partial charge >= 0.3 is 0 Å². The lowest BCUT2D eigenvalue weighted by atomic mass is 10.1. The maximum Gasteiger partial charge on any atom is 0.126 e. The Hall–Kier alpha value is -1.31. The van der Waals surface area contributed by atoms with E-state index in [4.69, 9.17) is 4.74 Å². The molecule has 1 nitrogen and oxygen atoms in total. The van der Waals surface area contributed by atoms with Crippen LogP contribution in [0, 0.1) is 0 Å². The zero-order valence-corrected chi connectivity index (χ0v) is 5.99. The van der Waals surface area contributed by atoms with Crippen LogP contribution < -0.4 is 4.74 Å². The first kappa shape index (κ1) is 7.79. The summed E-state index contributed by atoms with van der Waals surface area (Å²) in [7, 11) is 0. The topological polar surface area (TPSA) is 9.23 Å². The van der Waals surface area contributed by atoms with Crippen molar-refractivity contribution in [3.63, 3.8) is 0 Å². The van der Waals surface area contributed by atoms with Crippen LogP contribution in [-0.4, -0.2) is 6.61 Å². The largest absolute Gasteiger partial charge is 0.489 e. The van der Waals surface area contributed by atoms with Crippen molar-refractivity contribution in [1.82, 2.24) is 0 Å². The van der Waals surface area contributed by atoms with E-state index in [2.05, 4.69) is 6.08 Å². The van der Waals surface area contributed by atoms with Crippen LogP contribution in [0.5, 0.6) is 5.75 Å². The van der Waals surface area contributed by atoms with Crippen LogP contribution in [-0.2, 0) is 0 Å². The van der Waals surface area contributed by atoms with E-state index in [1.165, 1.54) is 5.56 Å². The Morgan fingerprint density at radius 3 is 2.82 bits per heavy atom. The number of halogens is 1. The summed E-state index contributed by atoms with van der Waals surface area (Å²) in [6.45, 7) is 0.705. The molecule has 2 rings (SSSR count). The van der Waals surface area contributed by atoms with Gasteiger partial charge in [0.25, 0.3) is 0 Å². The summed E-state index contributed by atoms with van der Waals surface area (Å²) in [5.74, 6) is 0.991. The van der Waals surface area contributed by atoms with Crippen LogP contribution in [0.2, 0.25) is 0 Å². The summed E-state index contributed by atoms with van der Waals surface area (Å²) in [6, 6.07) is 8.03. The van der Waals surface area contributed by atoms with E-state index < -0.39 is 0 Å². The number of rotatable bonds is 0. The highest BCUT2D eigenvalue weighted by atomic mass is 19.0. The molecule has 0 saturated carbocycles. The van der Waals surface area contributed by atoms with Crippen molar-refractivity contribution in [2.45, 2.75) is 0 Å². The first-order valence-electron chi connectivity index (χ1n) is 3.35. The monoisotopic (exact) mass is 152 g/mol. The van der Waals surface area contributed by atoms with Crippen LogP contribution in [0.25, 0.3) is 6.08 Å². The molecule has 0 radical (unpaired) electrons. The van der Waals surface area contributed by atoms with Crippen LogP contribution in [0.4, 0.5) is 4.70 Å². The van der Waals surface area contributed by atoms with E-state index in [9.17, 15) is 0 Å². The van der Waals surface area contributed by atoms with Crippen LogP contribution in [0.15, 0.2) is 30.3 Å². The number of para-hydroxylation sites is 1. The zero-order chi connectivity index (χ0) is 6.81. The molecule has 58 valence electrons. The minimum atomic E-state index is 0. The fourth-order valence-electron chi connectivity index (χ4n) is 1.06. The van der Waals surface area contributed by atoms with Crippen molar-refractivity contribution >= 4 is 6.08 Å². The third-order valence-corrected chi connectivity index (χ3v) is 1.55. The Morgan fingerprint density at radius 2 is 2.00 bits per heavy atom. The Balaban J connectivity index is 0.000000605. The van der Waals surface area contributed by atoms with Crippen molar-refractivity contribution < 1.29 is 9.44 Å². The van der Waals surface area contributed by atoms with E-state index in [0.29, 0.717) is 6.61 Å². The van der Waals surface area contributed by atoms with Gasteiger partial charge in [-0.3, -0.25) is 4.70 Å². The van der Waals surface area contributed by atoms with E-state index in [-0.39, 0.29) is 4.70 Å². The molecule has 1 aromatic rings. The van der Waals surface area contributed by atoms with E-state index in [1.54, 1.807) is 0 Å². The number of hydrogen-bond donors (Lipinski definition) is 0. The lowest BCUT2D eigenvalue weighted by molar-refractivity contribution is 0.358. The highest BCUT2D eigenvalue weighted by Gasteiger charge is 2.01. The highest BCUT2D eigenvalue weighted by molar-refractivity contribution is 5.58. The van der Waals surface area contributed by atoms with Crippen molar-refractivity contribution in [3.8, 4) is 5.75 Å². The Morgan fingerprint density at radius 1 is 1.18 bits per heavy atom. The van der Waals surface area contributed by atoms with Crippen molar-refractivity contribution in [2.75, 3.05) is 6.61 Å². The number of ether oxygens (including phenoxy) is 1. The maximum atomic E-state index is 5.34. The van der Waals surface area contributed by atoms with Crippen molar-refractivity contribution in [2.24, 2.45) is 0 Å². The highest BCUT2D eigenvalue weighted by Crippen LogP contribution is 2.21. The molecule has 0 N–H and O–H groups in total. The molecule has 1 heterocycles. The van der Waals surface area contributed by atoms with Gasteiger partial charge in [-0.2, -0.15) is 0 Å². The lowest BCUT2D eigenvalue weighted by Crippen LogP contribution is -1.98. The quantitative estimate of drug-likeness (QED) is 0.554. The summed E-state index contributed by atoms with van der Waals surface area (Å²) in [5, 5.41) is 0. The summed E-state index contributed by atoms with van der Waals surface area (Å²) >= 11 is 0. The molecule has 1 aromatic carbocycles. The molecule has 0 aliphatic carbocycles. The molecule has 2 heteroatoms. The third kappa shape index (κ3) is 1.40. The number of benzene rings is 1. The fraction of sp³-hybridized carbons (Fsp3) is 0.111. The van der Waals surface area contributed by atoms with Crippen LogP contribution >= 0.6 is 0 Å². The van der Waals surface area contributed by atoms with Gasteiger partial charge in [0, 0.05) is 5.56 Å². The summed E-state index contributed by atoms with van der Waals surface area (Å²) in [5.41, 5.74) is 1.17. The van der Waals surface area contributed by atoms with E-state index in [0.717, 1.165) is 5.75 Å². The zero-order valence-electron chi connectivity index (χ0n) is 5.99. The van der Waals surface area contributed by atoms with Gasteiger partial charge in [0.1, 0.15) is 12.4 Å². The standard InChI is InChI=1S/C9H8O.FH/c1-2-6-9-8(4-1)5-3-7-10-9;/h1-6H,7H2;1H. The Kier molecular flexibility index (Phi) is 2.26. The summed E-state index contributed by atoms with van der Waals surface area (Å²) < 4.78 is 5.34. The molecule has 11 heavy (non-hydrogen) atoms. The minimum Gasteiger partial charge on any atom is -0.489 e. The molecule has 0 spiro atoms. The number of hydrogen-bond acceptors (Lipinski definition) is 1. The summed E-state index contributed by atoms with van der Waals surface area (Å²) in [6.07, 6.45) is 4.10. The van der Waals surface area contributed by atoms with Gasteiger partial charge in [0.05, 0.1) is 0 Å². The molecule has 0 fully saturated rings. The van der Waals surface area contributed by atoms with Gasteiger partial charge in [-0.1, -0.05) is 24.3 Å². The lowest BCUT2D eigenvalue weighted by Gasteiger charge is -2.10. The molecule has 0 atom stereocenters.